The van der Waals surface area contributed by atoms with Crippen molar-refractivity contribution >= 4 is 44.1 Å². The lowest BCUT2D eigenvalue weighted by Gasteiger charge is -2.37. The molecule has 0 aliphatic carbocycles. The molecular weight excluding hydrogens is 507 g/mol. The Labute approximate surface area is 220 Å². The Morgan fingerprint density at radius 3 is 2.34 bits per heavy atom. The van der Waals surface area contributed by atoms with Gasteiger partial charge in [-0.15, -0.1) is 0 Å². The smallest absolute Gasteiger partial charge is 0.336 e. The average molecular weight is 535 g/mol. The van der Waals surface area contributed by atoms with E-state index < -0.39 is 16.0 Å². The standard InChI is InChI=1S/C28H27FN4O4S/c1-18-7-10-26(19(2)15-18)38(36,37)31-20-8-9-24-21(16-20)22(28(34)35)17-27(30-24)33-13-11-32(12-14-33)25-6-4-3-5-23(25)29/h3-10,15-17,31H,11-14H2,1-2H3,(H,34,35). The van der Waals surface area contributed by atoms with Crippen molar-refractivity contribution in [3.63, 3.8) is 0 Å². The van der Waals surface area contributed by atoms with E-state index in [0.717, 1.165) is 5.56 Å². The van der Waals surface area contributed by atoms with Gasteiger partial charge >= 0.3 is 5.97 Å². The first kappa shape index (κ1) is 25.5. The van der Waals surface area contributed by atoms with Gasteiger partial charge in [-0.2, -0.15) is 0 Å². The van der Waals surface area contributed by atoms with E-state index in [9.17, 15) is 22.7 Å². The highest BCUT2D eigenvalue weighted by Gasteiger charge is 2.23. The molecule has 3 aromatic carbocycles. The fraction of sp³-hybridized carbons (Fsp3) is 0.214. The SMILES string of the molecule is Cc1ccc(S(=O)(=O)Nc2ccc3nc(N4CCN(c5ccccc5F)CC4)cc(C(=O)O)c3c2)c(C)c1. The number of sulfonamides is 1. The zero-order valence-electron chi connectivity index (χ0n) is 21.0. The van der Waals surface area contributed by atoms with Crippen LogP contribution in [-0.2, 0) is 10.0 Å². The Hall–Kier alpha value is -4.18. The molecule has 0 amide bonds. The predicted molar refractivity (Wildman–Crippen MR) is 146 cm³/mol. The van der Waals surface area contributed by atoms with Crippen LogP contribution in [-0.4, -0.2) is 50.7 Å². The number of pyridine rings is 1. The highest BCUT2D eigenvalue weighted by atomic mass is 32.2. The summed E-state index contributed by atoms with van der Waals surface area (Å²) in [7, 11) is -3.88. The number of para-hydroxylation sites is 1. The zero-order chi connectivity index (χ0) is 27.0. The summed E-state index contributed by atoms with van der Waals surface area (Å²) < 4.78 is 42.8. The maximum Gasteiger partial charge on any atom is 0.336 e. The van der Waals surface area contributed by atoms with Crippen molar-refractivity contribution < 1.29 is 22.7 Å². The van der Waals surface area contributed by atoms with Crippen molar-refractivity contribution in [3.8, 4) is 0 Å². The average Bonchev–Trinajstić information content (AvgIpc) is 2.88. The van der Waals surface area contributed by atoms with Gasteiger partial charge in [-0.05, 0) is 61.9 Å². The van der Waals surface area contributed by atoms with E-state index in [4.69, 9.17) is 0 Å². The van der Waals surface area contributed by atoms with Gasteiger partial charge in [0.25, 0.3) is 10.0 Å². The molecule has 1 aliphatic heterocycles. The van der Waals surface area contributed by atoms with Gasteiger partial charge in [0.15, 0.2) is 0 Å². The van der Waals surface area contributed by atoms with E-state index in [2.05, 4.69) is 9.71 Å². The van der Waals surface area contributed by atoms with Gasteiger partial charge in [-0.1, -0.05) is 29.8 Å². The summed E-state index contributed by atoms with van der Waals surface area (Å²) in [6.07, 6.45) is 0. The number of hydrogen-bond donors (Lipinski definition) is 2. The molecular formula is C28H27FN4O4S. The van der Waals surface area contributed by atoms with Crippen LogP contribution in [0, 0.1) is 19.7 Å². The second-order valence-corrected chi connectivity index (χ2v) is 11.0. The number of carbonyl (C=O) groups is 1. The van der Waals surface area contributed by atoms with Crippen molar-refractivity contribution in [2.24, 2.45) is 0 Å². The maximum absolute atomic E-state index is 14.2. The monoisotopic (exact) mass is 534 g/mol. The van der Waals surface area contributed by atoms with Gasteiger partial charge < -0.3 is 14.9 Å². The second-order valence-electron chi connectivity index (χ2n) is 9.37. The Bertz CT molecular complexity index is 1650. The topological polar surface area (TPSA) is 103 Å². The predicted octanol–water partition coefficient (Wildman–Crippen LogP) is 4.82. The minimum Gasteiger partial charge on any atom is -0.478 e. The lowest BCUT2D eigenvalue weighted by molar-refractivity contribution is 0.0699. The first-order valence-electron chi connectivity index (χ1n) is 12.1. The Morgan fingerprint density at radius 2 is 1.66 bits per heavy atom. The number of aromatic carboxylic acids is 1. The molecule has 1 fully saturated rings. The summed E-state index contributed by atoms with van der Waals surface area (Å²) in [5.74, 6) is -0.911. The third-order valence-electron chi connectivity index (χ3n) is 6.69. The van der Waals surface area contributed by atoms with Gasteiger partial charge in [-0.3, -0.25) is 4.72 Å². The summed E-state index contributed by atoms with van der Waals surface area (Å²) in [5, 5.41) is 10.3. The number of anilines is 3. The van der Waals surface area contributed by atoms with Gasteiger partial charge in [0.2, 0.25) is 0 Å². The van der Waals surface area contributed by atoms with Crippen LogP contribution in [0.2, 0.25) is 0 Å². The molecule has 0 saturated carbocycles. The number of benzene rings is 3. The zero-order valence-corrected chi connectivity index (χ0v) is 21.8. The molecule has 0 unspecified atom stereocenters. The molecule has 1 aliphatic rings. The van der Waals surface area contributed by atoms with Crippen LogP contribution >= 0.6 is 0 Å². The first-order valence-corrected chi connectivity index (χ1v) is 13.6. The molecule has 4 aromatic rings. The minimum atomic E-state index is -3.88. The van der Waals surface area contributed by atoms with Gasteiger partial charge in [0.1, 0.15) is 11.6 Å². The first-order chi connectivity index (χ1) is 18.1. The van der Waals surface area contributed by atoms with Crippen LogP contribution in [0.1, 0.15) is 21.5 Å². The van der Waals surface area contributed by atoms with E-state index in [1.165, 1.54) is 18.2 Å². The number of nitrogens with zero attached hydrogens (tertiary/aromatic N) is 3. The van der Waals surface area contributed by atoms with Gasteiger partial charge in [0.05, 0.1) is 21.7 Å². The quantitative estimate of drug-likeness (QED) is 0.366. The highest BCUT2D eigenvalue weighted by Crippen LogP contribution is 2.29. The van der Waals surface area contributed by atoms with E-state index in [1.807, 2.05) is 16.7 Å². The second kappa shape index (κ2) is 9.94. The molecule has 38 heavy (non-hydrogen) atoms. The maximum atomic E-state index is 14.2. The molecule has 2 N–H and O–H groups in total. The summed E-state index contributed by atoms with van der Waals surface area (Å²) in [4.78, 5) is 20.9. The lowest BCUT2D eigenvalue weighted by Crippen LogP contribution is -2.47. The molecule has 0 spiro atoms. The number of carboxylic acid groups (broad SMARTS) is 1. The Kier molecular flexibility index (Phi) is 6.66. The largest absolute Gasteiger partial charge is 0.478 e. The number of nitrogens with one attached hydrogen (secondary N) is 1. The molecule has 1 aromatic heterocycles. The van der Waals surface area contributed by atoms with Crippen LogP contribution in [0.4, 0.5) is 21.6 Å². The summed E-state index contributed by atoms with van der Waals surface area (Å²) >= 11 is 0. The summed E-state index contributed by atoms with van der Waals surface area (Å²) in [6, 6.07) is 17.9. The summed E-state index contributed by atoms with van der Waals surface area (Å²) in [6.45, 7) is 5.81. The number of carboxylic acids is 1. The molecule has 0 radical (unpaired) electrons. The molecule has 5 rings (SSSR count). The van der Waals surface area contributed by atoms with Crippen LogP contribution in [0.3, 0.4) is 0 Å². The minimum absolute atomic E-state index is 0.0223. The van der Waals surface area contributed by atoms with Crippen molar-refractivity contribution in [1.29, 1.82) is 0 Å². The molecule has 8 nitrogen and oxygen atoms in total. The van der Waals surface area contributed by atoms with Crippen LogP contribution in [0.15, 0.2) is 71.6 Å². The number of piperazine rings is 1. The Morgan fingerprint density at radius 1 is 0.947 bits per heavy atom. The van der Waals surface area contributed by atoms with Crippen molar-refractivity contribution in [2.45, 2.75) is 18.7 Å². The van der Waals surface area contributed by atoms with E-state index >= 15 is 0 Å². The van der Waals surface area contributed by atoms with Crippen LogP contribution in [0.25, 0.3) is 10.9 Å². The third kappa shape index (κ3) is 4.99. The molecule has 196 valence electrons. The van der Waals surface area contributed by atoms with Crippen molar-refractivity contribution in [2.75, 3.05) is 40.7 Å². The number of hydrogen-bond acceptors (Lipinski definition) is 6. The lowest BCUT2D eigenvalue weighted by atomic mass is 10.1. The molecule has 2 heterocycles. The molecule has 0 atom stereocenters. The van der Waals surface area contributed by atoms with E-state index in [1.54, 1.807) is 55.5 Å². The number of halogens is 1. The van der Waals surface area contributed by atoms with E-state index in [-0.39, 0.29) is 22.0 Å². The number of aromatic nitrogens is 1. The number of rotatable bonds is 6. The highest BCUT2D eigenvalue weighted by molar-refractivity contribution is 7.92. The molecule has 10 heteroatoms. The Balaban J connectivity index is 1.42. The third-order valence-corrected chi connectivity index (χ3v) is 8.24. The van der Waals surface area contributed by atoms with Crippen LogP contribution < -0.4 is 14.5 Å². The van der Waals surface area contributed by atoms with E-state index in [0.29, 0.717) is 54.2 Å². The normalized spacial score (nSPS) is 14.1. The van der Waals surface area contributed by atoms with Crippen molar-refractivity contribution in [1.82, 2.24) is 4.98 Å². The van der Waals surface area contributed by atoms with Crippen LogP contribution in [0.5, 0.6) is 0 Å². The fourth-order valence-corrected chi connectivity index (χ4v) is 6.09. The summed E-state index contributed by atoms with van der Waals surface area (Å²) in [5.41, 5.74) is 2.81. The van der Waals surface area contributed by atoms with Gasteiger partial charge in [0, 0.05) is 37.3 Å². The van der Waals surface area contributed by atoms with Gasteiger partial charge in [-0.25, -0.2) is 22.6 Å². The number of aryl methyl sites for hydroxylation is 2. The fourth-order valence-electron chi connectivity index (χ4n) is 4.81. The number of fused-ring (bicyclic) bond motifs is 1. The molecule has 0 bridgehead atoms. The van der Waals surface area contributed by atoms with Crippen molar-refractivity contribution in [3.05, 3.63) is 89.2 Å². The molecule has 1 saturated heterocycles.